The van der Waals surface area contributed by atoms with Crippen LogP contribution in [0.4, 0.5) is 0 Å². The van der Waals surface area contributed by atoms with Crippen molar-refractivity contribution in [3.63, 3.8) is 0 Å². The van der Waals surface area contributed by atoms with Gasteiger partial charge in [0.05, 0.1) is 11.4 Å². The van der Waals surface area contributed by atoms with Crippen LogP contribution in [0.5, 0.6) is 0 Å². The van der Waals surface area contributed by atoms with E-state index in [1.54, 1.807) is 17.3 Å². The molecule has 0 spiro atoms. The average molecular weight is 499 g/mol. The summed E-state index contributed by atoms with van der Waals surface area (Å²) in [4.78, 5) is 32.1. The second-order valence-electron chi connectivity index (χ2n) is 8.12. The van der Waals surface area contributed by atoms with Gasteiger partial charge in [-0.1, -0.05) is 78.6 Å². The Kier molecular flexibility index (Phi) is 6.74. The number of fused-ring (bicyclic) bond motifs is 1. The van der Waals surface area contributed by atoms with E-state index < -0.39 is 0 Å². The monoisotopic (exact) mass is 498 g/mol. The highest BCUT2D eigenvalue weighted by Gasteiger charge is 2.32. The molecule has 0 atom stereocenters. The van der Waals surface area contributed by atoms with Gasteiger partial charge in [-0.15, -0.1) is 0 Å². The summed E-state index contributed by atoms with van der Waals surface area (Å²) >= 11 is 6.78. The third-order valence-corrected chi connectivity index (χ3v) is 7.07. The van der Waals surface area contributed by atoms with Gasteiger partial charge in [-0.2, -0.15) is 0 Å². The van der Waals surface area contributed by atoms with Crippen molar-refractivity contribution in [1.82, 2.24) is 19.8 Å². The number of carbonyl (C=O) groups is 2. The van der Waals surface area contributed by atoms with Gasteiger partial charge in [-0.25, -0.2) is 0 Å². The number of para-hydroxylation sites is 1. The van der Waals surface area contributed by atoms with Crippen LogP contribution in [-0.4, -0.2) is 30.6 Å². The predicted molar refractivity (Wildman–Crippen MR) is 143 cm³/mol. The molecule has 2 aromatic carbocycles. The highest BCUT2D eigenvalue weighted by Crippen LogP contribution is 2.35. The predicted octanol–water partition coefficient (Wildman–Crippen LogP) is 4.75. The number of hydrogen-bond donors (Lipinski definition) is 1. The van der Waals surface area contributed by atoms with Crippen molar-refractivity contribution in [3.05, 3.63) is 107 Å². The first-order chi connectivity index (χ1) is 17.1. The van der Waals surface area contributed by atoms with Gasteiger partial charge in [0, 0.05) is 41.6 Å². The van der Waals surface area contributed by atoms with Gasteiger partial charge < -0.3 is 9.88 Å². The molecule has 1 aliphatic rings. The van der Waals surface area contributed by atoms with Gasteiger partial charge in [0.25, 0.3) is 5.91 Å². The van der Waals surface area contributed by atoms with E-state index in [0.29, 0.717) is 22.3 Å². The maximum atomic E-state index is 13.1. The van der Waals surface area contributed by atoms with Gasteiger partial charge in [0.15, 0.2) is 0 Å². The molecule has 0 bridgehead atoms. The number of aromatic nitrogens is 2. The summed E-state index contributed by atoms with van der Waals surface area (Å²) in [5, 5.41) is 3.95. The van der Waals surface area contributed by atoms with Gasteiger partial charge in [0.2, 0.25) is 5.91 Å². The van der Waals surface area contributed by atoms with Crippen molar-refractivity contribution in [1.29, 1.82) is 0 Å². The van der Waals surface area contributed by atoms with Crippen LogP contribution in [-0.2, 0) is 29.2 Å². The highest BCUT2D eigenvalue weighted by molar-refractivity contribution is 8.26. The molecule has 2 amide bonds. The number of amides is 2. The van der Waals surface area contributed by atoms with Crippen LogP contribution in [0.3, 0.4) is 0 Å². The van der Waals surface area contributed by atoms with Gasteiger partial charge in [-0.05, 0) is 29.3 Å². The first kappa shape index (κ1) is 23.0. The van der Waals surface area contributed by atoms with E-state index in [2.05, 4.69) is 10.3 Å². The van der Waals surface area contributed by atoms with Crippen LogP contribution >= 0.6 is 24.0 Å². The van der Waals surface area contributed by atoms with Crippen molar-refractivity contribution in [2.45, 2.75) is 19.6 Å². The largest absolute Gasteiger partial charge is 0.350 e. The molecule has 3 heterocycles. The van der Waals surface area contributed by atoms with E-state index in [0.717, 1.165) is 27.6 Å². The molecule has 1 N–H and O–H groups in total. The summed E-state index contributed by atoms with van der Waals surface area (Å²) in [6.45, 7) is 1.05. The fourth-order valence-corrected chi connectivity index (χ4v) is 5.23. The second-order valence-corrected chi connectivity index (χ2v) is 9.80. The van der Waals surface area contributed by atoms with E-state index in [1.807, 2.05) is 83.6 Å². The zero-order valence-electron chi connectivity index (χ0n) is 18.8. The zero-order chi connectivity index (χ0) is 24.2. The summed E-state index contributed by atoms with van der Waals surface area (Å²) < 4.78 is 2.44. The van der Waals surface area contributed by atoms with Crippen molar-refractivity contribution in [2.24, 2.45) is 0 Å². The van der Waals surface area contributed by atoms with E-state index in [-0.39, 0.29) is 18.4 Å². The fraction of sp³-hybridized carbons (Fsp3) is 0.111. The van der Waals surface area contributed by atoms with Crippen LogP contribution in [0.15, 0.2) is 90.2 Å². The lowest BCUT2D eigenvalue weighted by Gasteiger charge is -2.13. The number of rotatable bonds is 7. The molecule has 5 rings (SSSR count). The molecule has 4 aromatic rings. The van der Waals surface area contributed by atoms with Crippen LogP contribution in [0.2, 0.25) is 0 Å². The molecule has 35 heavy (non-hydrogen) atoms. The van der Waals surface area contributed by atoms with Crippen molar-refractivity contribution in [3.8, 4) is 0 Å². The van der Waals surface area contributed by atoms with E-state index in [9.17, 15) is 9.59 Å². The molecule has 1 saturated heterocycles. The molecule has 8 heteroatoms. The van der Waals surface area contributed by atoms with Crippen LogP contribution in [0.25, 0.3) is 17.0 Å². The summed E-state index contributed by atoms with van der Waals surface area (Å²) in [5.74, 6) is -0.203. The molecule has 0 aliphatic carbocycles. The lowest BCUT2D eigenvalue weighted by molar-refractivity contribution is -0.123. The third-order valence-electron chi connectivity index (χ3n) is 5.69. The summed E-state index contributed by atoms with van der Waals surface area (Å²) in [6, 6.07) is 21.4. The van der Waals surface area contributed by atoms with Crippen molar-refractivity contribution in [2.75, 3.05) is 0 Å². The van der Waals surface area contributed by atoms with E-state index in [1.165, 1.54) is 11.8 Å². The number of hydrogen-bond acceptors (Lipinski definition) is 5. The Morgan fingerprint density at radius 3 is 2.60 bits per heavy atom. The topological polar surface area (TPSA) is 67.2 Å². The van der Waals surface area contributed by atoms with E-state index >= 15 is 0 Å². The minimum Gasteiger partial charge on any atom is -0.350 e. The Hall–Kier alpha value is -3.75. The normalized spacial score (nSPS) is 14.7. The molecule has 0 radical (unpaired) electrons. The van der Waals surface area contributed by atoms with Crippen LogP contribution < -0.4 is 5.32 Å². The smallest absolute Gasteiger partial charge is 0.266 e. The molecule has 6 nitrogen and oxygen atoms in total. The second kappa shape index (κ2) is 10.2. The van der Waals surface area contributed by atoms with Crippen molar-refractivity contribution >= 4 is 57.1 Å². The van der Waals surface area contributed by atoms with Crippen LogP contribution in [0, 0.1) is 0 Å². The Bertz CT molecular complexity index is 1430. The van der Waals surface area contributed by atoms with Gasteiger partial charge in [-0.3, -0.25) is 19.5 Å². The average Bonchev–Trinajstić information content (AvgIpc) is 3.36. The Balaban J connectivity index is 1.36. The minimum absolute atomic E-state index is 0.0797. The highest BCUT2D eigenvalue weighted by atomic mass is 32.2. The fourth-order valence-electron chi connectivity index (χ4n) is 3.98. The first-order valence-corrected chi connectivity index (χ1v) is 12.3. The third kappa shape index (κ3) is 5.18. The quantitative estimate of drug-likeness (QED) is 0.294. The number of thioether (sulfide) groups is 1. The standard InChI is InChI=1S/C27H22N4O2S2/c32-25(29-15-19-7-2-1-3-8-19)18-30-17-21(22-10-4-5-11-23(22)30)13-24-26(33)31(27(34)35-24)16-20-9-6-12-28-14-20/h1-14,17H,15-16,18H2,(H,29,32)/b24-13-. The maximum absolute atomic E-state index is 13.1. The Morgan fingerprint density at radius 2 is 1.80 bits per heavy atom. The lowest BCUT2D eigenvalue weighted by atomic mass is 10.1. The van der Waals surface area contributed by atoms with Crippen molar-refractivity contribution < 1.29 is 9.59 Å². The zero-order valence-corrected chi connectivity index (χ0v) is 20.4. The Morgan fingerprint density at radius 1 is 1.03 bits per heavy atom. The summed E-state index contributed by atoms with van der Waals surface area (Å²) in [7, 11) is 0. The maximum Gasteiger partial charge on any atom is 0.266 e. The molecular weight excluding hydrogens is 476 g/mol. The van der Waals surface area contributed by atoms with Crippen LogP contribution in [0.1, 0.15) is 16.7 Å². The molecule has 174 valence electrons. The summed E-state index contributed by atoms with van der Waals surface area (Å²) in [6.07, 6.45) is 7.22. The van der Waals surface area contributed by atoms with Gasteiger partial charge >= 0.3 is 0 Å². The molecule has 1 fully saturated rings. The molecule has 0 saturated carbocycles. The minimum atomic E-state index is -0.124. The number of pyridine rings is 1. The summed E-state index contributed by atoms with van der Waals surface area (Å²) in [5.41, 5.74) is 3.77. The first-order valence-electron chi connectivity index (χ1n) is 11.1. The number of carbonyl (C=O) groups excluding carboxylic acids is 2. The molecule has 1 aliphatic heterocycles. The number of nitrogens with one attached hydrogen (secondary N) is 1. The number of thiocarbonyl (C=S) groups is 1. The molecule has 2 aromatic heterocycles. The number of benzene rings is 2. The van der Waals surface area contributed by atoms with Gasteiger partial charge in [0.1, 0.15) is 10.9 Å². The Labute approximate surface area is 212 Å². The lowest BCUT2D eigenvalue weighted by Crippen LogP contribution is -2.27. The SMILES string of the molecule is O=C(Cn1cc(/C=C2\SC(=S)N(Cc3cccnc3)C2=O)c2ccccc21)NCc1ccccc1. The van der Waals surface area contributed by atoms with E-state index in [4.69, 9.17) is 12.2 Å². The molecular formula is C27H22N4O2S2. The molecule has 0 unspecified atom stereocenters. The number of nitrogens with zero attached hydrogens (tertiary/aromatic N) is 3.